The Hall–Kier alpha value is -1.95. The number of nitrogens with one attached hydrogen (secondary N) is 1. The molecule has 1 amide bonds. The van der Waals surface area contributed by atoms with Crippen molar-refractivity contribution in [1.82, 2.24) is 10.3 Å². The van der Waals surface area contributed by atoms with Crippen molar-refractivity contribution in [3.8, 4) is 0 Å². The van der Waals surface area contributed by atoms with Crippen LogP contribution in [0.1, 0.15) is 29.8 Å². The first-order chi connectivity index (χ1) is 9.68. The minimum Gasteiger partial charge on any atom is -0.467 e. The Kier molecular flexibility index (Phi) is 4.68. The van der Waals surface area contributed by atoms with Gasteiger partial charge in [0.25, 0.3) is 5.91 Å². The summed E-state index contributed by atoms with van der Waals surface area (Å²) in [6.45, 7) is 0.996. The van der Waals surface area contributed by atoms with Crippen LogP contribution in [0.2, 0.25) is 0 Å². The molecule has 0 radical (unpaired) electrons. The Bertz CT molecular complexity index is 467. The van der Waals surface area contributed by atoms with E-state index < -0.39 is 11.5 Å². The van der Waals surface area contributed by atoms with E-state index in [9.17, 15) is 9.59 Å². The molecular weight excluding hydrogens is 260 g/mol. The van der Waals surface area contributed by atoms with E-state index >= 15 is 0 Å². The zero-order valence-electron chi connectivity index (χ0n) is 11.4. The highest BCUT2D eigenvalue weighted by Crippen LogP contribution is 2.23. The van der Waals surface area contributed by atoms with Gasteiger partial charge in [-0.1, -0.05) is 6.07 Å². The smallest absolute Gasteiger partial charge is 0.331 e. The number of hydrogen-bond donors (Lipinski definition) is 1. The third kappa shape index (κ3) is 3.14. The molecule has 0 aliphatic carbocycles. The number of esters is 1. The van der Waals surface area contributed by atoms with Gasteiger partial charge in [-0.2, -0.15) is 0 Å². The van der Waals surface area contributed by atoms with E-state index in [0.717, 1.165) is 0 Å². The molecule has 108 valence electrons. The van der Waals surface area contributed by atoms with Crippen LogP contribution >= 0.6 is 0 Å². The van der Waals surface area contributed by atoms with Gasteiger partial charge in [-0.15, -0.1) is 0 Å². The van der Waals surface area contributed by atoms with Crippen molar-refractivity contribution in [3.05, 3.63) is 30.1 Å². The molecule has 1 saturated heterocycles. The number of pyridine rings is 1. The normalized spacial score (nSPS) is 22.6. The summed E-state index contributed by atoms with van der Waals surface area (Å²) in [5.41, 5.74) is -0.749. The molecule has 1 aromatic heterocycles. The SMILES string of the molecule is COC(=O)C1(NC(=O)c2ccccn2)CCCOCC1. The molecule has 0 bridgehead atoms. The Morgan fingerprint density at radius 1 is 1.35 bits per heavy atom. The van der Waals surface area contributed by atoms with Gasteiger partial charge < -0.3 is 14.8 Å². The summed E-state index contributed by atoms with van der Waals surface area (Å²) in [4.78, 5) is 28.3. The van der Waals surface area contributed by atoms with Crippen LogP contribution in [-0.2, 0) is 14.3 Å². The fourth-order valence-corrected chi connectivity index (χ4v) is 2.30. The molecule has 0 spiro atoms. The molecule has 1 fully saturated rings. The molecule has 0 aromatic carbocycles. The van der Waals surface area contributed by atoms with E-state index in [-0.39, 0.29) is 11.6 Å². The van der Waals surface area contributed by atoms with Crippen molar-refractivity contribution in [2.75, 3.05) is 20.3 Å². The number of carbonyl (C=O) groups excluding carboxylic acids is 2. The highest BCUT2D eigenvalue weighted by Gasteiger charge is 2.41. The van der Waals surface area contributed by atoms with E-state index in [2.05, 4.69) is 10.3 Å². The van der Waals surface area contributed by atoms with Crippen molar-refractivity contribution in [2.24, 2.45) is 0 Å². The molecule has 6 nitrogen and oxygen atoms in total. The number of aromatic nitrogens is 1. The van der Waals surface area contributed by atoms with Gasteiger partial charge in [0.1, 0.15) is 11.2 Å². The maximum Gasteiger partial charge on any atom is 0.331 e. The van der Waals surface area contributed by atoms with Crippen molar-refractivity contribution < 1.29 is 19.1 Å². The number of hydrogen-bond acceptors (Lipinski definition) is 5. The fraction of sp³-hybridized carbons (Fsp3) is 0.500. The number of methoxy groups -OCH3 is 1. The lowest BCUT2D eigenvalue weighted by molar-refractivity contribution is -0.149. The van der Waals surface area contributed by atoms with E-state index in [1.165, 1.54) is 13.3 Å². The minimum absolute atomic E-state index is 0.279. The lowest BCUT2D eigenvalue weighted by Gasteiger charge is -2.30. The average Bonchev–Trinajstić information content (AvgIpc) is 2.74. The van der Waals surface area contributed by atoms with E-state index in [1.807, 2.05) is 0 Å². The largest absolute Gasteiger partial charge is 0.467 e. The van der Waals surface area contributed by atoms with Crippen molar-refractivity contribution in [1.29, 1.82) is 0 Å². The number of carbonyl (C=O) groups is 2. The van der Waals surface area contributed by atoms with Gasteiger partial charge in [0.15, 0.2) is 0 Å². The highest BCUT2D eigenvalue weighted by molar-refractivity contribution is 5.96. The van der Waals surface area contributed by atoms with Crippen LogP contribution < -0.4 is 5.32 Å². The van der Waals surface area contributed by atoms with Gasteiger partial charge in [-0.25, -0.2) is 4.79 Å². The summed E-state index contributed by atoms with van der Waals surface area (Å²) >= 11 is 0. The van der Waals surface area contributed by atoms with Crippen LogP contribution in [0.25, 0.3) is 0 Å². The molecule has 2 heterocycles. The summed E-state index contributed by atoms with van der Waals surface area (Å²) in [6, 6.07) is 5.06. The van der Waals surface area contributed by atoms with Crippen molar-refractivity contribution in [2.45, 2.75) is 24.8 Å². The maximum absolute atomic E-state index is 12.2. The van der Waals surface area contributed by atoms with E-state index in [0.29, 0.717) is 32.5 Å². The third-order valence-electron chi connectivity index (χ3n) is 3.39. The summed E-state index contributed by atoms with van der Waals surface area (Å²) in [7, 11) is 1.32. The monoisotopic (exact) mass is 278 g/mol. The maximum atomic E-state index is 12.2. The Labute approximate surface area is 117 Å². The molecule has 0 saturated carbocycles. The molecule has 1 unspecified atom stereocenters. The second-order valence-electron chi connectivity index (χ2n) is 4.71. The summed E-state index contributed by atoms with van der Waals surface area (Å²) in [6.07, 6.45) is 3.13. The van der Waals surface area contributed by atoms with Gasteiger partial charge in [-0.3, -0.25) is 9.78 Å². The summed E-state index contributed by atoms with van der Waals surface area (Å²) < 4.78 is 10.2. The van der Waals surface area contributed by atoms with Crippen LogP contribution in [0.4, 0.5) is 0 Å². The van der Waals surface area contributed by atoms with Crippen LogP contribution in [0.5, 0.6) is 0 Å². The van der Waals surface area contributed by atoms with Gasteiger partial charge in [0.05, 0.1) is 7.11 Å². The number of ether oxygens (including phenoxy) is 2. The van der Waals surface area contributed by atoms with Crippen LogP contribution in [0.3, 0.4) is 0 Å². The fourth-order valence-electron chi connectivity index (χ4n) is 2.30. The van der Waals surface area contributed by atoms with Crippen LogP contribution in [-0.4, -0.2) is 42.7 Å². The van der Waals surface area contributed by atoms with Crippen LogP contribution in [0, 0.1) is 0 Å². The van der Waals surface area contributed by atoms with E-state index in [1.54, 1.807) is 18.2 Å². The first kappa shape index (κ1) is 14.5. The zero-order valence-corrected chi connectivity index (χ0v) is 11.4. The second-order valence-corrected chi connectivity index (χ2v) is 4.71. The Balaban J connectivity index is 2.19. The minimum atomic E-state index is -1.03. The topological polar surface area (TPSA) is 77.5 Å². The molecular formula is C14H18N2O4. The predicted molar refractivity (Wildman–Crippen MR) is 71.1 cm³/mol. The third-order valence-corrected chi connectivity index (χ3v) is 3.39. The van der Waals surface area contributed by atoms with Crippen molar-refractivity contribution in [3.63, 3.8) is 0 Å². The molecule has 1 N–H and O–H groups in total. The lowest BCUT2D eigenvalue weighted by atomic mass is 9.90. The first-order valence-electron chi connectivity index (χ1n) is 6.58. The molecule has 1 atom stereocenters. The number of amides is 1. The van der Waals surface area contributed by atoms with E-state index in [4.69, 9.17) is 9.47 Å². The standard InChI is InChI=1S/C14H18N2O4/c1-19-13(18)14(6-4-9-20-10-7-14)16-12(17)11-5-2-3-8-15-11/h2-3,5,8H,4,6-7,9-10H2,1H3,(H,16,17). The van der Waals surface area contributed by atoms with Gasteiger partial charge in [0, 0.05) is 25.8 Å². The average molecular weight is 278 g/mol. The second kappa shape index (κ2) is 6.47. The lowest BCUT2D eigenvalue weighted by Crippen LogP contribution is -2.55. The number of nitrogens with zero attached hydrogens (tertiary/aromatic N) is 1. The predicted octanol–water partition coefficient (Wildman–Crippen LogP) is 0.924. The summed E-state index contributed by atoms with van der Waals surface area (Å²) in [5, 5.41) is 2.78. The van der Waals surface area contributed by atoms with Crippen LogP contribution in [0.15, 0.2) is 24.4 Å². The highest BCUT2D eigenvalue weighted by atomic mass is 16.5. The molecule has 1 aliphatic heterocycles. The van der Waals surface area contributed by atoms with Gasteiger partial charge in [-0.05, 0) is 25.0 Å². The Morgan fingerprint density at radius 2 is 2.20 bits per heavy atom. The number of rotatable bonds is 3. The summed E-state index contributed by atoms with van der Waals surface area (Å²) in [5.74, 6) is -0.815. The van der Waals surface area contributed by atoms with Gasteiger partial charge in [0.2, 0.25) is 0 Å². The molecule has 1 aromatic rings. The van der Waals surface area contributed by atoms with Gasteiger partial charge >= 0.3 is 5.97 Å². The molecule has 1 aliphatic rings. The molecule has 2 rings (SSSR count). The zero-order chi connectivity index (χ0) is 14.4. The quantitative estimate of drug-likeness (QED) is 0.832. The van der Waals surface area contributed by atoms with Crippen molar-refractivity contribution >= 4 is 11.9 Å². The first-order valence-corrected chi connectivity index (χ1v) is 6.58. The Morgan fingerprint density at radius 3 is 2.90 bits per heavy atom. The molecule has 20 heavy (non-hydrogen) atoms. The molecule has 6 heteroatoms.